The molecule has 0 radical (unpaired) electrons. The van der Waals surface area contributed by atoms with Crippen molar-refractivity contribution in [2.45, 2.75) is 64.5 Å². The summed E-state index contributed by atoms with van der Waals surface area (Å²) < 4.78 is 1.54. The normalized spacial score (nSPS) is 22.0. The van der Waals surface area contributed by atoms with Gasteiger partial charge in [-0.1, -0.05) is 50.1 Å². The molecule has 7 nitrogen and oxygen atoms in total. The van der Waals surface area contributed by atoms with Crippen molar-refractivity contribution < 1.29 is 9.90 Å². The van der Waals surface area contributed by atoms with E-state index in [2.05, 4.69) is 11.9 Å². The molecule has 1 aromatic heterocycles. The SMILES string of the molecule is CCCN(CC)C(=O)N1CCC(O)(Cn2cnc(-c3ccccc3)cc2=O)C2(CCCC2)C1. The summed E-state index contributed by atoms with van der Waals surface area (Å²) in [6.07, 6.45) is 6.78. The Bertz CT molecular complexity index is 1020. The standard InChI is InChI=1S/C26H36N4O3/c1-3-15-28(4-2)24(32)29-16-14-26(33,25(18-29)12-8-9-13-25)19-30-20-27-22(17-23(30)31)21-10-6-5-7-11-21/h5-7,10-11,17,20,33H,3-4,8-9,12-16,18-19H2,1-2H3. The number of urea groups is 1. The molecule has 1 aliphatic carbocycles. The van der Waals surface area contributed by atoms with E-state index in [1.54, 1.807) is 17.0 Å². The van der Waals surface area contributed by atoms with Crippen LogP contribution in [0.5, 0.6) is 0 Å². The molecule has 178 valence electrons. The number of carbonyl (C=O) groups is 1. The van der Waals surface area contributed by atoms with Crippen LogP contribution in [0.25, 0.3) is 11.3 Å². The van der Waals surface area contributed by atoms with Gasteiger partial charge < -0.3 is 14.9 Å². The molecule has 2 aromatic rings. The minimum absolute atomic E-state index is 0.0683. The lowest BCUT2D eigenvalue weighted by Crippen LogP contribution is -2.63. The summed E-state index contributed by atoms with van der Waals surface area (Å²) in [4.78, 5) is 34.4. The predicted octanol–water partition coefficient (Wildman–Crippen LogP) is 3.76. The molecule has 1 N–H and O–H groups in total. The molecule has 33 heavy (non-hydrogen) atoms. The van der Waals surface area contributed by atoms with E-state index in [9.17, 15) is 14.7 Å². The van der Waals surface area contributed by atoms with E-state index in [0.29, 0.717) is 31.7 Å². The van der Waals surface area contributed by atoms with E-state index in [0.717, 1.165) is 44.2 Å². The van der Waals surface area contributed by atoms with E-state index in [1.807, 2.05) is 47.1 Å². The monoisotopic (exact) mass is 452 g/mol. The molecule has 1 unspecified atom stereocenters. The smallest absolute Gasteiger partial charge is 0.320 e. The van der Waals surface area contributed by atoms with Crippen LogP contribution in [0.4, 0.5) is 4.79 Å². The molecule has 1 aromatic carbocycles. The van der Waals surface area contributed by atoms with Crippen LogP contribution in [-0.4, -0.2) is 62.3 Å². The molecule has 2 amide bonds. The van der Waals surface area contributed by atoms with Crippen molar-refractivity contribution in [3.63, 3.8) is 0 Å². The number of nitrogens with zero attached hydrogens (tertiary/aromatic N) is 4. The second-order valence-electron chi connectivity index (χ2n) is 9.66. The van der Waals surface area contributed by atoms with Gasteiger partial charge in [-0.25, -0.2) is 9.78 Å². The lowest BCUT2D eigenvalue weighted by atomic mass is 9.66. The van der Waals surface area contributed by atoms with Crippen LogP contribution >= 0.6 is 0 Å². The fourth-order valence-corrected chi connectivity index (χ4v) is 5.71. The highest BCUT2D eigenvalue weighted by Gasteiger charge is 2.55. The molecule has 1 spiro atoms. The van der Waals surface area contributed by atoms with Crippen molar-refractivity contribution in [3.05, 3.63) is 53.1 Å². The van der Waals surface area contributed by atoms with Gasteiger partial charge in [0.2, 0.25) is 0 Å². The van der Waals surface area contributed by atoms with Gasteiger partial charge in [0, 0.05) is 43.2 Å². The number of benzene rings is 1. The number of amides is 2. The van der Waals surface area contributed by atoms with Crippen LogP contribution in [0, 0.1) is 5.41 Å². The Kier molecular flexibility index (Phi) is 6.88. The van der Waals surface area contributed by atoms with Crippen LogP contribution in [-0.2, 0) is 6.54 Å². The zero-order valence-electron chi connectivity index (χ0n) is 19.9. The summed E-state index contributed by atoms with van der Waals surface area (Å²) in [7, 11) is 0. The summed E-state index contributed by atoms with van der Waals surface area (Å²) in [5, 5.41) is 11.9. The summed E-state index contributed by atoms with van der Waals surface area (Å²) in [5.41, 5.74) is -0.0575. The average Bonchev–Trinajstić information content (AvgIpc) is 3.31. The number of hydrogen-bond donors (Lipinski definition) is 1. The number of piperidine rings is 1. The Morgan fingerprint density at radius 3 is 2.52 bits per heavy atom. The molecule has 1 atom stereocenters. The van der Waals surface area contributed by atoms with Crippen LogP contribution in [0.1, 0.15) is 52.4 Å². The molecule has 2 aliphatic rings. The maximum Gasteiger partial charge on any atom is 0.320 e. The van der Waals surface area contributed by atoms with Gasteiger partial charge in [-0.15, -0.1) is 0 Å². The zero-order valence-corrected chi connectivity index (χ0v) is 19.9. The molecule has 2 heterocycles. The van der Waals surface area contributed by atoms with Gasteiger partial charge in [0.25, 0.3) is 5.56 Å². The summed E-state index contributed by atoms with van der Waals surface area (Å²) in [6, 6.07) is 11.2. The van der Waals surface area contributed by atoms with Gasteiger partial charge in [-0.2, -0.15) is 0 Å². The van der Waals surface area contributed by atoms with Gasteiger partial charge in [-0.3, -0.25) is 9.36 Å². The number of aromatic nitrogens is 2. The number of carbonyl (C=O) groups excluding carboxylic acids is 1. The number of hydrogen-bond acceptors (Lipinski definition) is 4. The van der Waals surface area contributed by atoms with Crippen LogP contribution in [0.15, 0.2) is 47.5 Å². The quantitative estimate of drug-likeness (QED) is 0.724. The average molecular weight is 453 g/mol. The third-order valence-electron chi connectivity index (χ3n) is 7.63. The first-order chi connectivity index (χ1) is 15.9. The second-order valence-corrected chi connectivity index (χ2v) is 9.66. The number of aliphatic hydroxyl groups is 1. The largest absolute Gasteiger partial charge is 0.387 e. The Morgan fingerprint density at radius 1 is 1.15 bits per heavy atom. The molecule has 4 rings (SSSR count). The van der Waals surface area contributed by atoms with E-state index >= 15 is 0 Å². The Balaban J connectivity index is 1.56. The number of likely N-dealkylation sites (tertiary alicyclic amines) is 1. The fraction of sp³-hybridized carbons (Fsp3) is 0.577. The van der Waals surface area contributed by atoms with E-state index in [-0.39, 0.29) is 23.6 Å². The first-order valence-corrected chi connectivity index (χ1v) is 12.3. The van der Waals surface area contributed by atoms with E-state index < -0.39 is 5.60 Å². The molecule has 1 aliphatic heterocycles. The highest BCUT2D eigenvalue weighted by atomic mass is 16.3. The highest BCUT2D eigenvalue weighted by Crippen LogP contribution is 2.51. The van der Waals surface area contributed by atoms with Crippen LogP contribution in [0.3, 0.4) is 0 Å². The summed E-state index contributed by atoms with van der Waals surface area (Å²) in [5.74, 6) is 0. The first-order valence-electron chi connectivity index (χ1n) is 12.3. The maximum atomic E-state index is 13.2. The predicted molar refractivity (Wildman–Crippen MR) is 129 cm³/mol. The van der Waals surface area contributed by atoms with Gasteiger partial charge in [0.05, 0.1) is 24.2 Å². The third kappa shape index (κ3) is 4.56. The van der Waals surface area contributed by atoms with E-state index in [1.165, 1.54) is 0 Å². The molecule has 7 heteroatoms. The number of rotatable bonds is 6. The Hall–Kier alpha value is -2.67. The maximum absolute atomic E-state index is 13.2. The van der Waals surface area contributed by atoms with E-state index in [4.69, 9.17) is 0 Å². The van der Waals surface area contributed by atoms with Crippen molar-refractivity contribution in [2.75, 3.05) is 26.2 Å². The zero-order chi connectivity index (χ0) is 23.5. The molecular formula is C26H36N4O3. The summed E-state index contributed by atoms with van der Waals surface area (Å²) >= 11 is 0. The molecule has 1 saturated carbocycles. The van der Waals surface area contributed by atoms with Crippen LogP contribution in [0.2, 0.25) is 0 Å². The van der Waals surface area contributed by atoms with Gasteiger partial charge in [0.15, 0.2) is 0 Å². The third-order valence-corrected chi connectivity index (χ3v) is 7.63. The van der Waals surface area contributed by atoms with Gasteiger partial charge >= 0.3 is 6.03 Å². The van der Waals surface area contributed by atoms with Crippen LogP contribution < -0.4 is 5.56 Å². The molecule has 1 saturated heterocycles. The topological polar surface area (TPSA) is 78.7 Å². The van der Waals surface area contributed by atoms with Crippen molar-refractivity contribution in [3.8, 4) is 11.3 Å². The Morgan fingerprint density at radius 2 is 1.88 bits per heavy atom. The molecule has 0 bridgehead atoms. The lowest BCUT2D eigenvalue weighted by Gasteiger charge is -2.52. The van der Waals surface area contributed by atoms with Gasteiger partial charge in [0.1, 0.15) is 0 Å². The first kappa shape index (κ1) is 23.5. The van der Waals surface area contributed by atoms with Crippen molar-refractivity contribution in [1.82, 2.24) is 19.4 Å². The minimum Gasteiger partial charge on any atom is -0.387 e. The second kappa shape index (κ2) is 9.67. The highest BCUT2D eigenvalue weighted by molar-refractivity contribution is 5.74. The molecule has 2 fully saturated rings. The van der Waals surface area contributed by atoms with Crippen molar-refractivity contribution in [2.24, 2.45) is 5.41 Å². The van der Waals surface area contributed by atoms with Gasteiger partial charge in [-0.05, 0) is 32.6 Å². The minimum atomic E-state index is -1.04. The molecular weight excluding hydrogens is 416 g/mol. The Labute approximate surface area is 196 Å². The fourth-order valence-electron chi connectivity index (χ4n) is 5.71. The summed E-state index contributed by atoms with van der Waals surface area (Å²) in [6.45, 7) is 6.79. The van der Waals surface area contributed by atoms with Crippen molar-refractivity contribution in [1.29, 1.82) is 0 Å². The lowest BCUT2D eigenvalue weighted by molar-refractivity contribution is -0.136. The van der Waals surface area contributed by atoms with Crippen molar-refractivity contribution >= 4 is 6.03 Å².